The van der Waals surface area contributed by atoms with Gasteiger partial charge in [-0.3, -0.25) is 14.2 Å². The fourth-order valence-electron chi connectivity index (χ4n) is 3.32. The van der Waals surface area contributed by atoms with Crippen LogP contribution in [0.2, 0.25) is 5.02 Å². The summed E-state index contributed by atoms with van der Waals surface area (Å²) < 4.78 is 14.7. The summed E-state index contributed by atoms with van der Waals surface area (Å²) in [6, 6.07) is 8.21. The van der Waals surface area contributed by atoms with Crippen molar-refractivity contribution in [1.82, 2.24) is 9.88 Å². The van der Waals surface area contributed by atoms with Crippen LogP contribution in [0, 0.1) is 12.7 Å². The second-order valence-corrected chi connectivity index (χ2v) is 7.32. The van der Waals surface area contributed by atoms with E-state index in [1.54, 1.807) is 6.92 Å². The van der Waals surface area contributed by atoms with Crippen LogP contribution in [0.15, 0.2) is 36.4 Å². The Hall–Kier alpha value is -2.86. The number of carbonyl (C=O) groups excluding carboxylic acids is 2. The zero-order valence-electron chi connectivity index (χ0n) is 16.3. The number of aromatic nitrogens is 1. The number of phenols is 1. The van der Waals surface area contributed by atoms with Crippen LogP contribution in [0.25, 0.3) is 10.9 Å². The van der Waals surface area contributed by atoms with Gasteiger partial charge in [0.2, 0.25) is 5.91 Å². The van der Waals surface area contributed by atoms with E-state index in [2.05, 4.69) is 5.32 Å². The summed E-state index contributed by atoms with van der Waals surface area (Å²) in [5, 5.41) is 13.6. The number of hydrogen-bond acceptors (Lipinski definition) is 3. The largest absolute Gasteiger partial charge is 0.506 e. The number of unbranched alkanes of at least 4 members (excludes halogenated alkanes) is 1. The van der Waals surface area contributed by atoms with Crippen LogP contribution in [0.1, 0.15) is 41.4 Å². The molecule has 0 atom stereocenters. The molecule has 5 nitrogen and oxygen atoms in total. The fraction of sp³-hybridized carbons (Fsp3) is 0.273. The van der Waals surface area contributed by atoms with Crippen LogP contribution in [0.3, 0.4) is 0 Å². The van der Waals surface area contributed by atoms with E-state index in [1.165, 1.54) is 41.0 Å². The Morgan fingerprint density at radius 3 is 2.55 bits per heavy atom. The highest BCUT2D eigenvalue weighted by molar-refractivity contribution is 6.33. The number of rotatable bonds is 6. The maximum absolute atomic E-state index is 13.2. The van der Waals surface area contributed by atoms with Gasteiger partial charge in [-0.05, 0) is 55.3 Å². The van der Waals surface area contributed by atoms with Gasteiger partial charge in [-0.1, -0.05) is 24.9 Å². The lowest BCUT2D eigenvalue weighted by molar-refractivity contribution is -0.120. The monoisotopic (exact) mass is 416 g/mol. The minimum atomic E-state index is -0.437. The molecule has 1 heterocycles. The van der Waals surface area contributed by atoms with Gasteiger partial charge in [0, 0.05) is 23.2 Å². The lowest BCUT2D eigenvalue weighted by atomic mass is 10.1. The van der Waals surface area contributed by atoms with Crippen molar-refractivity contribution in [1.29, 1.82) is 0 Å². The van der Waals surface area contributed by atoms with E-state index in [4.69, 9.17) is 11.6 Å². The number of benzene rings is 2. The molecular weight excluding hydrogens is 395 g/mol. The second kappa shape index (κ2) is 8.66. The molecule has 1 amide bonds. The van der Waals surface area contributed by atoms with E-state index in [-0.39, 0.29) is 29.0 Å². The van der Waals surface area contributed by atoms with Gasteiger partial charge in [0.25, 0.3) is 5.91 Å². The molecule has 0 saturated heterocycles. The number of phenolic OH excluding ortho intramolecular Hbond substituents is 1. The molecule has 0 unspecified atom stereocenters. The molecule has 0 bridgehead atoms. The molecule has 0 saturated carbocycles. The van der Waals surface area contributed by atoms with E-state index in [0.29, 0.717) is 34.3 Å². The molecule has 1 aromatic heterocycles. The van der Waals surface area contributed by atoms with Crippen molar-refractivity contribution in [3.63, 3.8) is 0 Å². The normalized spacial score (nSPS) is 11.0. The Labute approximate surface area is 173 Å². The second-order valence-electron chi connectivity index (χ2n) is 6.91. The van der Waals surface area contributed by atoms with Crippen LogP contribution in [-0.4, -0.2) is 28.0 Å². The SMILES string of the molecule is CCCCNC(=O)Cc1c(C)n(C(=O)c2ccc(F)cc2)c2cc(Cl)c(O)cc12. The van der Waals surface area contributed by atoms with Gasteiger partial charge < -0.3 is 10.4 Å². The van der Waals surface area contributed by atoms with Gasteiger partial charge in [-0.25, -0.2) is 4.39 Å². The number of amides is 1. The Balaban J connectivity index is 2.09. The molecule has 2 aromatic carbocycles. The number of aromatic hydroxyl groups is 1. The molecule has 3 aromatic rings. The Kier molecular flexibility index (Phi) is 6.23. The highest BCUT2D eigenvalue weighted by Crippen LogP contribution is 2.35. The summed E-state index contributed by atoms with van der Waals surface area (Å²) in [5.74, 6) is -1.10. The van der Waals surface area contributed by atoms with E-state index in [1.807, 2.05) is 6.92 Å². The predicted octanol–water partition coefficient (Wildman–Crippen LogP) is 4.60. The number of carbonyl (C=O) groups is 2. The summed E-state index contributed by atoms with van der Waals surface area (Å²) in [5.41, 5.74) is 1.99. The van der Waals surface area contributed by atoms with Crippen molar-refractivity contribution in [2.75, 3.05) is 6.54 Å². The number of nitrogens with one attached hydrogen (secondary N) is 1. The lowest BCUT2D eigenvalue weighted by Crippen LogP contribution is -2.26. The molecule has 152 valence electrons. The van der Waals surface area contributed by atoms with Crippen LogP contribution in [0.4, 0.5) is 4.39 Å². The topological polar surface area (TPSA) is 71.3 Å². The van der Waals surface area contributed by atoms with Crippen LogP contribution in [0.5, 0.6) is 5.75 Å². The van der Waals surface area contributed by atoms with Crippen LogP contribution >= 0.6 is 11.6 Å². The van der Waals surface area contributed by atoms with Crippen LogP contribution < -0.4 is 5.32 Å². The van der Waals surface area contributed by atoms with Gasteiger partial charge in [-0.15, -0.1) is 0 Å². The van der Waals surface area contributed by atoms with Gasteiger partial charge >= 0.3 is 0 Å². The molecule has 2 N–H and O–H groups in total. The summed E-state index contributed by atoms with van der Waals surface area (Å²) >= 11 is 6.08. The molecule has 0 aliphatic carbocycles. The quantitative estimate of drug-likeness (QED) is 0.577. The molecule has 0 spiro atoms. The molecular formula is C22H22ClFN2O3. The zero-order chi connectivity index (χ0) is 21.1. The van der Waals surface area contributed by atoms with Crippen LogP contribution in [-0.2, 0) is 11.2 Å². The third-order valence-electron chi connectivity index (χ3n) is 4.89. The maximum atomic E-state index is 13.2. The van der Waals surface area contributed by atoms with Gasteiger partial charge in [0.1, 0.15) is 11.6 Å². The van der Waals surface area contributed by atoms with Crippen molar-refractivity contribution in [3.05, 3.63) is 64.1 Å². The fourth-order valence-corrected chi connectivity index (χ4v) is 3.48. The van der Waals surface area contributed by atoms with E-state index in [9.17, 15) is 19.1 Å². The first kappa shape index (κ1) is 20.9. The first-order valence-corrected chi connectivity index (χ1v) is 9.80. The molecule has 0 radical (unpaired) electrons. The van der Waals surface area contributed by atoms with Crippen molar-refractivity contribution in [2.24, 2.45) is 0 Å². The first-order valence-electron chi connectivity index (χ1n) is 9.42. The third kappa shape index (κ3) is 4.27. The lowest BCUT2D eigenvalue weighted by Gasteiger charge is -2.08. The van der Waals surface area contributed by atoms with Crippen molar-refractivity contribution >= 4 is 34.3 Å². The standard InChI is InChI=1S/C22H22ClFN2O3/c1-3-4-9-25-21(28)11-16-13(2)26(19-12-18(23)20(27)10-17(16)19)22(29)14-5-7-15(24)8-6-14/h5-8,10,12,27H,3-4,9,11H2,1-2H3,(H,25,28). The Bertz CT molecular complexity index is 1070. The predicted molar refractivity (Wildman–Crippen MR) is 111 cm³/mol. The summed E-state index contributed by atoms with van der Waals surface area (Å²) in [6.07, 6.45) is 1.92. The molecule has 7 heteroatoms. The van der Waals surface area contributed by atoms with Gasteiger partial charge in [0.05, 0.1) is 17.0 Å². The van der Waals surface area contributed by atoms with Crippen molar-refractivity contribution < 1.29 is 19.1 Å². The van der Waals surface area contributed by atoms with Crippen molar-refractivity contribution in [3.8, 4) is 5.75 Å². The smallest absolute Gasteiger partial charge is 0.262 e. The first-order chi connectivity index (χ1) is 13.8. The van der Waals surface area contributed by atoms with E-state index < -0.39 is 5.82 Å². The Morgan fingerprint density at radius 1 is 1.21 bits per heavy atom. The van der Waals surface area contributed by atoms with E-state index >= 15 is 0 Å². The van der Waals surface area contributed by atoms with E-state index in [0.717, 1.165) is 12.8 Å². The molecule has 0 aliphatic heterocycles. The maximum Gasteiger partial charge on any atom is 0.262 e. The summed E-state index contributed by atoms with van der Waals surface area (Å²) in [7, 11) is 0. The number of hydrogen-bond donors (Lipinski definition) is 2. The third-order valence-corrected chi connectivity index (χ3v) is 5.19. The minimum absolute atomic E-state index is 0.0663. The molecule has 0 aliphatic rings. The molecule has 29 heavy (non-hydrogen) atoms. The zero-order valence-corrected chi connectivity index (χ0v) is 17.0. The highest BCUT2D eigenvalue weighted by Gasteiger charge is 2.22. The van der Waals surface area contributed by atoms with Crippen molar-refractivity contribution in [2.45, 2.75) is 33.1 Å². The number of nitrogens with zero attached hydrogens (tertiary/aromatic N) is 1. The summed E-state index contributed by atoms with van der Waals surface area (Å²) in [6.45, 7) is 4.36. The minimum Gasteiger partial charge on any atom is -0.506 e. The summed E-state index contributed by atoms with van der Waals surface area (Å²) in [4.78, 5) is 25.5. The van der Waals surface area contributed by atoms with Gasteiger partial charge in [-0.2, -0.15) is 0 Å². The average molecular weight is 417 g/mol. The van der Waals surface area contributed by atoms with Gasteiger partial charge in [0.15, 0.2) is 0 Å². The average Bonchev–Trinajstić information content (AvgIpc) is 2.93. The Morgan fingerprint density at radius 2 is 1.90 bits per heavy atom. The number of fused-ring (bicyclic) bond motifs is 1. The highest BCUT2D eigenvalue weighted by atomic mass is 35.5. The number of halogens is 2. The molecule has 0 fully saturated rings. The molecule has 3 rings (SSSR count).